The lowest BCUT2D eigenvalue weighted by Crippen LogP contribution is -2.27. The molecule has 1 N–H and O–H groups in total. The van der Waals surface area contributed by atoms with Gasteiger partial charge in [-0.1, -0.05) is 27.7 Å². The van der Waals surface area contributed by atoms with Crippen LogP contribution in [-0.2, 0) is 10.0 Å². The van der Waals surface area contributed by atoms with Crippen molar-refractivity contribution in [3.8, 4) is 0 Å². The van der Waals surface area contributed by atoms with Gasteiger partial charge in [0, 0.05) is 6.54 Å². The highest BCUT2D eigenvalue weighted by molar-refractivity contribution is 7.90. The minimum Gasteiger partial charge on any atom is -0.214 e. The maximum Gasteiger partial charge on any atom is 0.225 e. The van der Waals surface area contributed by atoms with Gasteiger partial charge in [0.1, 0.15) is 5.21 Å². The molecule has 1 aliphatic carbocycles. The second kappa shape index (κ2) is 3.35. The van der Waals surface area contributed by atoms with Crippen LogP contribution in [-0.4, -0.2) is 20.2 Å². The van der Waals surface area contributed by atoms with E-state index in [2.05, 4.69) is 32.4 Å². The van der Waals surface area contributed by atoms with Crippen molar-refractivity contribution < 1.29 is 8.42 Å². The molecule has 0 heterocycles. The third-order valence-corrected chi connectivity index (χ3v) is 5.73. The van der Waals surface area contributed by atoms with Crippen molar-refractivity contribution in [1.82, 2.24) is 4.72 Å². The van der Waals surface area contributed by atoms with Crippen LogP contribution >= 0.6 is 11.6 Å². The summed E-state index contributed by atoms with van der Waals surface area (Å²) >= 11 is 5.29. The maximum absolute atomic E-state index is 11.1. The molecule has 1 saturated carbocycles. The fraction of sp³-hybridized carbons (Fsp3) is 1.00. The number of hydrogen-bond donors (Lipinski definition) is 1. The van der Waals surface area contributed by atoms with E-state index in [0.717, 1.165) is 0 Å². The van der Waals surface area contributed by atoms with E-state index in [1.165, 1.54) is 0 Å². The van der Waals surface area contributed by atoms with Crippen LogP contribution < -0.4 is 4.72 Å². The molecule has 5 heteroatoms. The predicted molar refractivity (Wildman–Crippen MR) is 58.7 cm³/mol. The quantitative estimate of drug-likeness (QED) is 0.761. The lowest BCUT2D eigenvalue weighted by molar-refractivity contribution is 0.457. The molecular formula is C9H18ClNO2S. The third-order valence-electron chi connectivity index (χ3n) is 3.97. The summed E-state index contributed by atoms with van der Waals surface area (Å²) in [5.74, 6) is 0.396. The zero-order valence-electron chi connectivity index (χ0n) is 9.09. The molecule has 1 fully saturated rings. The average molecular weight is 240 g/mol. The second-order valence-electron chi connectivity index (χ2n) is 5.07. The minimum atomic E-state index is -3.26. The van der Waals surface area contributed by atoms with Crippen molar-refractivity contribution >= 4 is 21.6 Å². The molecule has 0 amide bonds. The number of nitrogens with one attached hydrogen (secondary N) is 1. The SMILES string of the molecule is CC1(C)C(CNS(=O)(=O)CCl)C1(C)C. The minimum absolute atomic E-state index is 0.210. The summed E-state index contributed by atoms with van der Waals surface area (Å²) in [5.41, 5.74) is 0.420. The fourth-order valence-electron chi connectivity index (χ4n) is 2.09. The van der Waals surface area contributed by atoms with E-state index in [-0.39, 0.29) is 16.0 Å². The number of alkyl halides is 1. The molecule has 0 radical (unpaired) electrons. The largest absolute Gasteiger partial charge is 0.225 e. The van der Waals surface area contributed by atoms with Gasteiger partial charge in [0.05, 0.1) is 0 Å². The van der Waals surface area contributed by atoms with E-state index in [1.807, 2.05) is 0 Å². The Kier molecular flexibility index (Phi) is 2.94. The van der Waals surface area contributed by atoms with Crippen LogP contribution in [0.3, 0.4) is 0 Å². The Morgan fingerprint density at radius 3 is 1.93 bits per heavy atom. The normalized spacial score (nSPS) is 24.9. The summed E-state index contributed by atoms with van der Waals surface area (Å²) < 4.78 is 24.7. The van der Waals surface area contributed by atoms with Crippen LogP contribution in [0, 0.1) is 16.7 Å². The Hall–Kier alpha value is 0.200. The van der Waals surface area contributed by atoms with E-state index in [9.17, 15) is 8.42 Å². The van der Waals surface area contributed by atoms with Crippen LogP contribution in [0.25, 0.3) is 0 Å². The van der Waals surface area contributed by atoms with Gasteiger partial charge in [-0.15, -0.1) is 11.6 Å². The smallest absolute Gasteiger partial charge is 0.214 e. The lowest BCUT2D eigenvalue weighted by Gasteiger charge is -2.04. The van der Waals surface area contributed by atoms with Crippen molar-refractivity contribution in [1.29, 1.82) is 0 Å². The summed E-state index contributed by atoms with van der Waals surface area (Å²) in [5, 5.41) is -0.361. The third kappa shape index (κ3) is 1.92. The highest BCUT2D eigenvalue weighted by Gasteiger charge is 2.64. The van der Waals surface area contributed by atoms with E-state index < -0.39 is 10.0 Å². The van der Waals surface area contributed by atoms with Gasteiger partial charge in [-0.25, -0.2) is 13.1 Å². The van der Waals surface area contributed by atoms with Crippen molar-refractivity contribution in [2.24, 2.45) is 16.7 Å². The molecule has 14 heavy (non-hydrogen) atoms. The predicted octanol–water partition coefficient (Wildman–Crippen LogP) is 1.78. The first-order valence-corrected chi connectivity index (χ1v) is 6.87. The van der Waals surface area contributed by atoms with E-state index in [0.29, 0.717) is 12.5 Å². The highest BCUT2D eigenvalue weighted by Crippen LogP contribution is 2.67. The summed E-state index contributed by atoms with van der Waals surface area (Å²) in [4.78, 5) is 0. The molecule has 3 nitrogen and oxygen atoms in total. The summed E-state index contributed by atoms with van der Waals surface area (Å²) in [6.07, 6.45) is 0. The first-order chi connectivity index (χ1) is 6.15. The lowest BCUT2D eigenvalue weighted by atomic mass is 10.0. The molecule has 0 aromatic carbocycles. The molecule has 0 aromatic rings. The van der Waals surface area contributed by atoms with Gasteiger partial charge in [-0.3, -0.25) is 0 Å². The highest BCUT2D eigenvalue weighted by atomic mass is 35.5. The number of sulfonamides is 1. The summed E-state index contributed by atoms with van der Waals surface area (Å²) in [6, 6.07) is 0. The molecular weight excluding hydrogens is 222 g/mol. The van der Waals surface area contributed by atoms with E-state index in [1.54, 1.807) is 0 Å². The van der Waals surface area contributed by atoms with Gasteiger partial charge in [0.2, 0.25) is 10.0 Å². The average Bonchev–Trinajstić information content (AvgIpc) is 2.41. The first kappa shape index (κ1) is 12.3. The van der Waals surface area contributed by atoms with Crippen molar-refractivity contribution in [3.05, 3.63) is 0 Å². The van der Waals surface area contributed by atoms with Gasteiger partial charge < -0.3 is 0 Å². The van der Waals surface area contributed by atoms with Gasteiger partial charge >= 0.3 is 0 Å². The van der Waals surface area contributed by atoms with Crippen LogP contribution in [0.5, 0.6) is 0 Å². The summed E-state index contributed by atoms with van der Waals surface area (Å²) in [6.45, 7) is 9.13. The fourth-order valence-corrected chi connectivity index (χ4v) is 2.82. The van der Waals surface area contributed by atoms with Crippen LogP contribution in [0.4, 0.5) is 0 Å². The number of rotatable bonds is 4. The molecule has 1 rings (SSSR count). The van der Waals surface area contributed by atoms with Crippen LogP contribution in [0.15, 0.2) is 0 Å². The molecule has 1 aliphatic rings. The Morgan fingerprint density at radius 2 is 1.64 bits per heavy atom. The van der Waals surface area contributed by atoms with Gasteiger partial charge in [0.25, 0.3) is 0 Å². The monoisotopic (exact) mass is 239 g/mol. The molecule has 0 aliphatic heterocycles. The van der Waals surface area contributed by atoms with Crippen molar-refractivity contribution in [2.45, 2.75) is 27.7 Å². The number of hydrogen-bond acceptors (Lipinski definition) is 2. The molecule has 0 spiro atoms. The Morgan fingerprint density at radius 1 is 1.21 bits per heavy atom. The zero-order valence-corrected chi connectivity index (χ0v) is 10.7. The first-order valence-electron chi connectivity index (χ1n) is 4.68. The Labute approximate surface area is 91.3 Å². The topological polar surface area (TPSA) is 46.2 Å². The molecule has 0 bridgehead atoms. The van der Waals surface area contributed by atoms with Crippen molar-refractivity contribution in [2.75, 3.05) is 11.8 Å². The molecule has 0 aromatic heterocycles. The zero-order chi connectivity index (χ0) is 11.2. The van der Waals surface area contributed by atoms with E-state index in [4.69, 9.17) is 11.6 Å². The maximum atomic E-state index is 11.1. The molecule has 84 valence electrons. The molecule has 0 unspecified atom stereocenters. The van der Waals surface area contributed by atoms with Gasteiger partial charge in [-0.2, -0.15) is 0 Å². The standard InChI is InChI=1S/C9H18ClNO2S/c1-8(2)7(9(8,3)4)5-11-14(12,13)6-10/h7,11H,5-6H2,1-4H3. The van der Waals surface area contributed by atoms with Gasteiger partial charge in [0.15, 0.2) is 0 Å². The van der Waals surface area contributed by atoms with E-state index >= 15 is 0 Å². The molecule has 0 atom stereocenters. The van der Waals surface area contributed by atoms with Gasteiger partial charge in [-0.05, 0) is 16.7 Å². The molecule has 0 saturated heterocycles. The number of halogens is 1. The van der Waals surface area contributed by atoms with Crippen LogP contribution in [0.2, 0.25) is 0 Å². The van der Waals surface area contributed by atoms with Crippen LogP contribution in [0.1, 0.15) is 27.7 Å². The second-order valence-corrected chi connectivity index (χ2v) is 7.46. The summed E-state index contributed by atoms with van der Waals surface area (Å²) in [7, 11) is -3.26. The Bertz CT molecular complexity index is 308. The van der Waals surface area contributed by atoms with Crippen molar-refractivity contribution in [3.63, 3.8) is 0 Å². The Balaban J connectivity index is 2.52.